The molecule has 0 aromatic heterocycles. The highest BCUT2D eigenvalue weighted by atomic mass is 32.2. The van der Waals surface area contributed by atoms with Gasteiger partial charge in [-0.25, -0.2) is 8.42 Å². The van der Waals surface area contributed by atoms with Gasteiger partial charge in [-0.05, 0) is 26.0 Å². The second-order valence-corrected chi connectivity index (χ2v) is 8.52. The maximum atomic E-state index is 12.7. The highest BCUT2D eigenvalue weighted by Gasteiger charge is 2.58. The van der Waals surface area contributed by atoms with Gasteiger partial charge < -0.3 is 9.47 Å². The van der Waals surface area contributed by atoms with Crippen LogP contribution < -0.4 is 0 Å². The van der Waals surface area contributed by atoms with E-state index in [9.17, 15) is 8.42 Å². The average molecular weight is 325 g/mol. The van der Waals surface area contributed by atoms with Crippen molar-refractivity contribution in [3.8, 4) is 0 Å². The molecule has 0 radical (unpaired) electrons. The van der Waals surface area contributed by atoms with Crippen molar-refractivity contribution in [2.45, 2.75) is 54.6 Å². The van der Waals surface area contributed by atoms with Crippen molar-refractivity contribution in [2.24, 2.45) is 0 Å². The van der Waals surface area contributed by atoms with Gasteiger partial charge in [-0.15, -0.1) is 0 Å². The lowest BCUT2D eigenvalue weighted by Gasteiger charge is -2.22. The molecular weight excluding hydrogens is 306 g/mol. The van der Waals surface area contributed by atoms with E-state index < -0.39 is 21.1 Å². The molecule has 0 bridgehead atoms. The van der Waals surface area contributed by atoms with Crippen LogP contribution in [0.15, 0.2) is 35.2 Å². The number of fused-ring (bicyclic) bond motifs is 3. The first-order valence-corrected chi connectivity index (χ1v) is 8.99. The van der Waals surface area contributed by atoms with E-state index in [0.29, 0.717) is 17.9 Å². The molecule has 22 heavy (non-hydrogen) atoms. The average Bonchev–Trinajstić information content (AvgIpc) is 3.08. The molecule has 7 heteroatoms. The van der Waals surface area contributed by atoms with Crippen LogP contribution in [-0.4, -0.2) is 49.5 Å². The molecule has 4 atom stereocenters. The Hall–Kier alpha value is -0.990. The Labute approximate surface area is 129 Å². The summed E-state index contributed by atoms with van der Waals surface area (Å²) in [6, 6.07) is 8.36. The summed E-state index contributed by atoms with van der Waals surface area (Å²) in [5.74, 6) is -0.613. The summed E-state index contributed by atoms with van der Waals surface area (Å²) in [5.41, 5.74) is -0.854. The van der Waals surface area contributed by atoms with Crippen LogP contribution in [0.25, 0.3) is 0 Å². The minimum Gasteiger partial charge on any atom is -0.343 e. The molecule has 4 rings (SSSR count). The molecule has 0 N–H and O–H groups in total. The summed E-state index contributed by atoms with van der Waals surface area (Å²) < 4.78 is 37.1. The highest BCUT2D eigenvalue weighted by Crippen LogP contribution is 2.43. The Kier molecular flexibility index (Phi) is 3.15. The van der Waals surface area contributed by atoms with Gasteiger partial charge in [0.25, 0.3) is 0 Å². The Bertz CT molecular complexity index is 674. The topological polar surface area (TPSA) is 65.1 Å². The minimum absolute atomic E-state index is 0.0552. The minimum atomic E-state index is -3.50. The first-order chi connectivity index (χ1) is 10.4. The third-order valence-electron chi connectivity index (χ3n) is 4.44. The van der Waals surface area contributed by atoms with Crippen molar-refractivity contribution in [2.75, 3.05) is 6.54 Å². The number of hydroxylamine groups is 2. The number of sulfone groups is 1. The maximum absolute atomic E-state index is 12.7. The zero-order valence-corrected chi connectivity index (χ0v) is 13.3. The second kappa shape index (κ2) is 4.75. The molecule has 0 aliphatic carbocycles. The van der Waals surface area contributed by atoms with Crippen LogP contribution >= 0.6 is 0 Å². The van der Waals surface area contributed by atoms with Gasteiger partial charge in [-0.3, -0.25) is 4.84 Å². The second-order valence-electron chi connectivity index (χ2n) is 6.43. The van der Waals surface area contributed by atoms with Crippen molar-refractivity contribution in [3.63, 3.8) is 0 Å². The van der Waals surface area contributed by atoms with E-state index in [1.54, 1.807) is 35.4 Å². The van der Waals surface area contributed by atoms with E-state index in [4.69, 9.17) is 14.3 Å². The molecule has 1 aromatic rings. The van der Waals surface area contributed by atoms with Gasteiger partial charge in [0, 0.05) is 6.42 Å². The highest BCUT2D eigenvalue weighted by molar-refractivity contribution is 7.92. The standard InChI is InChI=1S/C15H19NO5S/c1-15(2)19-12-9-16-11(14(12)20-15)8-13(21-16)22(17,18)10-6-4-3-5-7-10/h3-7,11-14H,8-9H2,1-2H3/t11-,12+,13-,14-/m0/s1. The van der Waals surface area contributed by atoms with E-state index in [0.717, 1.165) is 0 Å². The summed E-state index contributed by atoms with van der Waals surface area (Å²) in [6.45, 7) is 4.30. The molecule has 3 saturated heterocycles. The van der Waals surface area contributed by atoms with Crippen LogP contribution in [0.1, 0.15) is 20.3 Å². The Morgan fingerprint density at radius 1 is 1.18 bits per heavy atom. The smallest absolute Gasteiger partial charge is 0.207 e. The van der Waals surface area contributed by atoms with Crippen molar-refractivity contribution in [1.82, 2.24) is 5.06 Å². The third-order valence-corrected chi connectivity index (χ3v) is 6.34. The molecule has 0 amide bonds. The summed E-state index contributed by atoms with van der Waals surface area (Å²) >= 11 is 0. The number of benzene rings is 1. The van der Waals surface area contributed by atoms with E-state index in [-0.39, 0.29) is 18.2 Å². The normalized spacial score (nSPS) is 37.2. The fraction of sp³-hybridized carbons (Fsp3) is 0.600. The molecule has 1 aromatic carbocycles. The van der Waals surface area contributed by atoms with Gasteiger partial charge in [0.05, 0.1) is 17.5 Å². The monoisotopic (exact) mass is 325 g/mol. The van der Waals surface area contributed by atoms with Crippen molar-refractivity contribution >= 4 is 9.84 Å². The molecular formula is C15H19NO5S. The zero-order valence-electron chi connectivity index (χ0n) is 12.5. The van der Waals surface area contributed by atoms with Crippen LogP contribution in [0, 0.1) is 0 Å². The van der Waals surface area contributed by atoms with Crippen molar-refractivity contribution in [3.05, 3.63) is 30.3 Å². The van der Waals surface area contributed by atoms with Gasteiger partial charge in [-0.1, -0.05) is 18.2 Å². The molecule has 0 unspecified atom stereocenters. The maximum Gasteiger partial charge on any atom is 0.207 e. The van der Waals surface area contributed by atoms with Crippen molar-refractivity contribution < 1.29 is 22.7 Å². The van der Waals surface area contributed by atoms with Crippen LogP contribution in [0.3, 0.4) is 0 Å². The van der Waals surface area contributed by atoms with Crippen LogP contribution in [0.4, 0.5) is 0 Å². The van der Waals surface area contributed by atoms with Crippen LogP contribution in [0.2, 0.25) is 0 Å². The largest absolute Gasteiger partial charge is 0.343 e. The first-order valence-electron chi connectivity index (χ1n) is 7.45. The molecule has 3 aliphatic heterocycles. The number of hydrogen-bond donors (Lipinski definition) is 0. The lowest BCUT2D eigenvalue weighted by molar-refractivity contribution is -0.196. The molecule has 3 heterocycles. The molecule has 0 spiro atoms. The quantitative estimate of drug-likeness (QED) is 0.817. The summed E-state index contributed by atoms with van der Waals surface area (Å²) in [4.78, 5) is 5.99. The Morgan fingerprint density at radius 2 is 1.91 bits per heavy atom. The predicted octanol–water partition coefficient (Wildman–Crippen LogP) is 1.33. The van der Waals surface area contributed by atoms with Gasteiger partial charge >= 0.3 is 0 Å². The van der Waals surface area contributed by atoms with Gasteiger partial charge in [0.2, 0.25) is 9.84 Å². The summed E-state index contributed by atoms with van der Waals surface area (Å²) in [6.07, 6.45) is 0.212. The molecule has 3 fully saturated rings. The van der Waals surface area contributed by atoms with E-state index >= 15 is 0 Å². The van der Waals surface area contributed by atoms with Gasteiger partial charge in [0.15, 0.2) is 11.2 Å². The van der Waals surface area contributed by atoms with Crippen molar-refractivity contribution in [1.29, 1.82) is 0 Å². The first kappa shape index (κ1) is 14.6. The Balaban J connectivity index is 1.55. The SMILES string of the molecule is CC1(C)O[C@@H]2[C@@H](CN3O[C@@H](S(=O)(=O)c4ccccc4)C[C@@H]23)O1. The lowest BCUT2D eigenvalue weighted by atomic mass is 10.1. The molecule has 6 nitrogen and oxygen atoms in total. The molecule has 3 aliphatic rings. The number of nitrogens with zero attached hydrogens (tertiary/aromatic N) is 1. The molecule has 120 valence electrons. The predicted molar refractivity (Wildman–Crippen MR) is 77.4 cm³/mol. The van der Waals surface area contributed by atoms with Crippen LogP contribution in [0.5, 0.6) is 0 Å². The number of hydrogen-bond acceptors (Lipinski definition) is 6. The molecule has 0 saturated carbocycles. The van der Waals surface area contributed by atoms with E-state index in [1.807, 2.05) is 13.8 Å². The van der Waals surface area contributed by atoms with E-state index in [2.05, 4.69) is 0 Å². The van der Waals surface area contributed by atoms with E-state index in [1.165, 1.54) is 0 Å². The van der Waals surface area contributed by atoms with Gasteiger partial charge in [-0.2, -0.15) is 5.06 Å². The summed E-state index contributed by atoms with van der Waals surface area (Å²) in [5, 5.41) is 1.72. The third kappa shape index (κ3) is 2.19. The lowest BCUT2D eigenvalue weighted by Crippen LogP contribution is -2.33. The number of ether oxygens (including phenoxy) is 2. The number of rotatable bonds is 2. The Morgan fingerprint density at radius 3 is 2.64 bits per heavy atom. The summed E-state index contributed by atoms with van der Waals surface area (Å²) in [7, 11) is -3.50. The fourth-order valence-electron chi connectivity index (χ4n) is 3.52. The van der Waals surface area contributed by atoms with Gasteiger partial charge in [0.1, 0.15) is 12.2 Å². The zero-order chi connectivity index (χ0) is 15.5. The van der Waals surface area contributed by atoms with Crippen LogP contribution in [-0.2, 0) is 24.1 Å². The fourth-order valence-corrected chi connectivity index (χ4v) is 5.03.